The Kier molecular flexibility index (Phi) is 2.95. The molecule has 0 aromatic carbocycles. The van der Waals surface area contributed by atoms with Gasteiger partial charge in [-0.2, -0.15) is 0 Å². The first-order chi connectivity index (χ1) is 7.18. The number of nitrogens with zero attached hydrogens (tertiary/aromatic N) is 2. The molecule has 1 aromatic heterocycles. The smallest absolute Gasteiger partial charge is 0.280 e. The van der Waals surface area contributed by atoms with Crippen molar-refractivity contribution in [1.29, 1.82) is 0 Å². The van der Waals surface area contributed by atoms with Crippen molar-refractivity contribution in [2.24, 2.45) is 0 Å². The average molecular weight is 212 g/mol. The normalized spacial score (nSPS) is 22.5. The van der Waals surface area contributed by atoms with Crippen LogP contribution >= 0.6 is 0 Å². The summed E-state index contributed by atoms with van der Waals surface area (Å²) < 4.78 is 24.6. The van der Waals surface area contributed by atoms with Gasteiger partial charge in [-0.15, -0.1) is 0 Å². The molecule has 2 heterocycles. The largest absolute Gasteiger partial charge is 0.299 e. The Hall–Kier alpha value is -1.03. The van der Waals surface area contributed by atoms with Gasteiger partial charge >= 0.3 is 0 Å². The molecule has 0 saturated carbocycles. The van der Waals surface area contributed by atoms with E-state index in [-0.39, 0.29) is 5.69 Å². The Balaban J connectivity index is 2.16. The number of aromatic nitrogens is 1. The summed E-state index contributed by atoms with van der Waals surface area (Å²) >= 11 is 0. The maximum Gasteiger partial charge on any atom is 0.280 e. The topological polar surface area (TPSA) is 16.1 Å². The number of halogens is 2. The lowest BCUT2D eigenvalue weighted by atomic mass is 10.1. The SMILES string of the molecule is CN1CCC[C@@H]1c1ccc(C(F)F)nc1. The molecular formula is C11H14F2N2. The van der Waals surface area contributed by atoms with E-state index in [2.05, 4.69) is 16.9 Å². The van der Waals surface area contributed by atoms with E-state index in [0.717, 1.165) is 24.9 Å². The van der Waals surface area contributed by atoms with Gasteiger partial charge < -0.3 is 0 Å². The van der Waals surface area contributed by atoms with Crippen LogP contribution in [0.3, 0.4) is 0 Å². The van der Waals surface area contributed by atoms with E-state index < -0.39 is 6.43 Å². The lowest BCUT2D eigenvalue weighted by molar-refractivity contribution is 0.146. The fourth-order valence-electron chi connectivity index (χ4n) is 2.07. The molecule has 1 fully saturated rings. The fourth-order valence-corrected chi connectivity index (χ4v) is 2.07. The highest BCUT2D eigenvalue weighted by Crippen LogP contribution is 2.30. The minimum absolute atomic E-state index is 0.139. The average Bonchev–Trinajstić information content (AvgIpc) is 2.65. The van der Waals surface area contributed by atoms with E-state index in [1.807, 2.05) is 0 Å². The summed E-state index contributed by atoms with van der Waals surface area (Å²) in [6.07, 6.45) is 1.36. The zero-order valence-electron chi connectivity index (χ0n) is 8.66. The first-order valence-electron chi connectivity index (χ1n) is 5.12. The van der Waals surface area contributed by atoms with Crippen molar-refractivity contribution >= 4 is 0 Å². The fraction of sp³-hybridized carbons (Fsp3) is 0.545. The van der Waals surface area contributed by atoms with Crippen LogP contribution in [0.2, 0.25) is 0 Å². The zero-order chi connectivity index (χ0) is 10.8. The van der Waals surface area contributed by atoms with Crippen LogP contribution < -0.4 is 0 Å². The Labute approximate surface area is 87.9 Å². The number of hydrogen-bond donors (Lipinski definition) is 0. The van der Waals surface area contributed by atoms with Crippen molar-refractivity contribution in [2.75, 3.05) is 13.6 Å². The van der Waals surface area contributed by atoms with Crippen LogP contribution in [-0.4, -0.2) is 23.5 Å². The first kappa shape index (κ1) is 10.5. The van der Waals surface area contributed by atoms with E-state index in [1.54, 1.807) is 12.3 Å². The Bertz CT molecular complexity index is 324. The quantitative estimate of drug-likeness (QED) is 0.749. The highest BCUT2D eigenvalue weighted by molar-refractivity contribution is 5.19. The summed E-state index contributed by atoms with van der Waals surface area (Å²) in [5.41, 5.74) is 0.902. The molecule has 1 aliphatic rings. The predicted molar refractivity (Wildman–Crippen MR) is 53.8 cm³/mol. The molecule has 1 aromatic rings. The third-order valence-corrected chi connectivity index (χ3v) is 2.94. The van der Waals surface area contributed by atoms with Gasteiger partial charge in [-0.05, 0) is 38.1 Å². The van der Waals surface area contributed by atoms with Gasteiger partial charge in [0, 0.05) is 12.2 Å². The number of pyridine rings is 1. The molecule has 0 unspecified atom stereocenters. The third-order valence-electron chi connectivity index (χ3n) is 2.94. The second kappa shape index (κ2) is 4.23. The van der Waals surface area contributed by atoms with Gasteiger partial charge in [0.25, 0.3) is 6.43 Å². The molecule has 2 nitrogen and oxygen atoms in total. The second-order valence-corrected chi connectivity index (χ2v) is 3.96. The van der Waals surface area contributed by atoms with Crippen LogP contribution in [0.25, 0.3) is 0 Å². The summed E-state index contributed by atoms with van der Waals surface area (Å²) in [5.74, 6) is 0. The van der Waals surface area contributed by atoms with Gasteiger partial charge in [0.2, 0.25) is 0 Å². The van der Waals surface area contributed by atoms with Crippen LogP contribution in [0.4, 0.5) is 8.78 Å². The molecule has 0 aliphatic carbocycles. The van der Waals surface area contributed by atoms with Crippen molar-refractivity contribution in [1.82, 2.24) is 9.88 Å². The minimum atomic E-state index is -2.47. The van der Waals surface area contributed by atoms with Crippen molar-refractivity contribution in [2.45, 2.75) is 25.3 Å². The van der Waals surface area contributed by atoms with Crippen LogP contribution in [0.15, 0.2) is 18.3 Å². The molecule has 0 bridgehead atoms. The highest BCUT2D eigenvalue weighted by atomic mass is 19.3. The predicted octanol–water partition coefficient (Wildman–Crippen LogP) is 2.79. The molecular weight excluding hydrogens is 198 g/mol. The van der Waals surface area contributed by atoms with Gasteiger partial charge in [-0.3, -0.25) is 9.88 Å². The van der Waals surface area contributed by atoms with E-state index >= 15 is 0 Å². The molecule has 15 heavy (non-hydrogen) atoms. The summed E-state index contributed by atoms with van der Waals surface area (Å²) in [6, 6.07) is 3.54. The molecule has 4 heteroatoms. The number of rotatable bonds is 2. The Morgan fingerprint density at radius 2 is 2.27 bits per heavy atom. The lowest BCUT2D eigenvalue weighted by Gasteiger charge is -2.19. The van der Waals surface area contributed by atoms with Gasteiger partial charge in [0.05, 0.1) is 0 Å². The van der Waals surface area contributed by atoms with Crippen molar-refractivity contribution in [3.8, 4) is 0 Å². The van der Waals surface area contributed by atoms with Gasteiger partial charge in [-0.1, -0.05) is 6.07 Å². The van der Waals surface area contributed by atoms with Crippen molar-refractivity contribution in [3.05, 3.63) is 29.6 Å². The zero-order valence-corrected chi connectivity index (χ0v) is 8.66. The molecule has 1 atom stereocenters. The van der Waals surface area contributed by atoms with Crippen LogP contribution in [0.5, 0.6) is 0 Å². The molecule has 0 N–H and O–H groups in total. The van der Waals surface area contributed by atoms with E-state index in [1.165, 1.54) is 6.07 Å². The first-order valence-corrected chi connectivity index (χ1v) is 5.12. The number of hydrogen-bond acceptors (Lipinski definition) is 2. The van der Waals surface area contributed by atoms with Crippen LogP contribution in [0.1, 0.15) is 36.6 Å². The van der Waals surface area contributed by atoms with Crippen molar-refractivity contribution in [3.63, 3.8) is 0 Å². The van der Waals surface area contributed by atoms with Crippen LogP contribution in [0, 0.1) is 0 Å². The molecule has 0 radical (unpaired) electrons. The van der Waals surface area contributed by atoms with Gasteiger partial charge in [-0.25, -0.2) is 8.78 Å². The Morgan fingerprint density at radius 3 is 2.73 bits per heavy atom. The summed E-state index contributed by atoms with van der Waals surface area (Å²) in [5, 5.41) is 0. The van der Waals surface area contributed by atoms with E-state index in [0.29, 0.717) is 6.04 Å². The Morgan fingerprint density at radius 1 is 1.47 bits per heavy atom. The van der Waals surface area contributed by atoms with E-state index in [4.69, 9.17) is 0 Å². The molecule has 1 saturated heterocycles. The standard InChI is InChI=1S/C11H14F2N2/c1-15-6-2-3-10(15)8-4-5-9(11(12)13)14-7-8/h4-5,7,10-11H,2-3,6H2,1H3/t10-/m1/s1. The second-order valence-electron chi connectivity index (χ2n) is 3.96. The maximum atomic E-state index is 12.3. The number of likely N-dealkylation sites (tertiary alicyclic amines) is 1. The lowest BCUT2D eigenvalue weighted by Crippen LogP contribution is -2.17. The van der Waals surface area contributed by atoms with Gasteiger partial charge in [0.1, 0.15) is 5.69 Å². The van der Waals surface area contributed by atoms with Gasteiger partial charge in [0.15, 0.2) is 0 Å². The highest BCUT2D eigenvalue weighted by Gasteiger charge is 2.22. The summed E-state index contributed by atoms with van der Waals surface area (Å²) in [6.45, 7) is 1.07. The molecule has 0 amide bonds. The minimum Gasteiger partial charge on any atom is -0.299 e. The monoisotopic (exact) mass is 212 g/mol. The maximum absolute atomic E-state index is 12.3. The van der Waals surface area contributed by atoms with Crippen LogP contribution in [-0.2, 0) is 0 Å². The summed E-state index contributed by atoms with van der Waals surface area (Å²) in [4.78, 5) is 6.02. The molecule has 0 spiro atoms. The molecule has 2 rings (SSSR count). The third kappa shape index (κ3) is 2.15. The van der Waals surface area contributed by atoms with Crippen molar-refractivity contribution < 1.29 is 8.78 Å². The molecule has 1 aliphatic heterocycles. The van der Waals surface area contributed by atoms with E-state index in [9.17, 15) is 8.78 Å². The summed E-state index contributed by atoms with van der Waals surface area (Å²) in [7, 11) is 2.05. The molecule has 82 valence electrons. The number of alkyl halides is 2.